The molecule has 6 heteroatoms. The molecular weight excluding hydrogens is 304 g/mol. The quantitative estimate of drug-likeness (QED) is 0.297. The van der Waals surface area contributed by atoms with Gasteiger partial charge in [-0.15, -0.1) is 11.6 Å². The second-order valence-corrected chi connectivity index (χ2v) is 6.16. The summed E-state index contributed by atoms with van der Waals surface area (Å²) >= 11 is 5.51. The summed E-state index contributed by atoms with van der Waals surface area (Å²) in [6.45, 7) is 5.22. The van der Waals surface area contributed by atoms with Crippen molar-refractivity contribution in [1.82, 2.24) is 10.6 Å². The molecule has 22 heavy (non-hydrogen) atoms. The molecule has 0 spiro atoms. The van der Waals surface area contributed by atoms with Gasteiger partial charge in [0.2, 0.25) is 0 Å². The zero-order chi connectivity index (χ0) is 15.9. The summed E-state index contributed by atoms with van der Waals surface area (Å²) in [6, 6.07) is 0. The first-order valence-corrected chi connectivity index (χ1v) is 9.24. The summed E-state index contributed by atoms with van der Waals surface area (Å²) in [4.78, 5) is 0. The van der Waals surface area contributed by atoms with Crippen LogP contribution in [0.2, 0.25) is 0 Å². The highest BCUT2D eigenvalue weighted by molar-refractivity contribution is 6.18. The number of halogens is 1. The Kier molecular flexibility index (Phi) is 13.4. The van der Waals surface area contributed by atoms with Gasteiger partial charge in [0.1, 0.15) is 6.23 Å². The number of rotatable bonds is 16. The molecule has 0 bridgehead atoms. The standard InChI is InChI=1S/C16H33ClN2O3/c17-13-15(20)14-18-8-3-1-5-10-21-11-6-2-4-9-19-16-7-12-22-16/h15-16,18-20H,1-14H2. The van der Waals surface area contributed by atoms with E-state index >= 15 is 0 Å². The molecule has 2 atom stereocenters. The smallest absolute Gasteiger partial charge is 0.110 e. The lowest BCUT2D eigenvalue weighted by atomic mass is 10.2. The maximum absolute atomic E-state index is 9.25. The lowest BCUT2D eigenvalue weighted by molar-refractivity contribution is -0.0704. The molecule has 1 aliphatic heterocycles. The van der Waals surface area contributed by atoms with Gasteiger partial charge in [0.15, 0.2) is 0 Å². The molecular formula is C16H33ClN2O3. The zero-order valence-corrected chi connectivity index (χ0v) is 14.5. The molecule has 0 aromatic heterocycles. The summed E-state index contributed by atoms with van der Waals surface area (Å²) < 4.78 is 10.9. The summed E-state index contributed by atoms with van der Waals surface area (Å²) in [5, 5.41) is 15.8. The highest BCUT2D eigenvalue weighted by Crippen LogP contribution is 2.07. The molecule has 0 aliphatic carbocycles. The Labute approximate surface area is 140 Å². The fourth-order valence-corrected chi connectivity index (χ4v) is 2.33. The second kappa shape index (κ2) is 14.7. The predicted molar refractivity (Wildman–Crippen MR) is 90.5 cm³/mol. The average Bonchev–Trinajstić information content (AvgIpc) is 2.49. The van der Waals surface area contributed by atoms with Crippen molar-refractivity contribution in [2.24, 2.45) is 0 Å². The van der Waals surface area contributed by atoms with Crippen molar-refractivity contribution in [1.29, 1.82) is 0 Å². The molecule has 1 fully saturated rings. The van der Waals surface area contributed by atoms with Crippen LogP contribution in [0.25, 0.3) is 0 Å². The van der Waals surface area contributed by atoms with Crippen LogP contribution in [-0.4, -0.2) is 62.8 Å². The van der Waals surface area contributed by atoms with Crippen LogP contribution in [0.4, 0.5) is 0 Å². The van der Waals surface area contributed by atoms with E-state index in [-0.39, 0.29) is 0 Å². The Bertz CT molecular complexity index is 227. The largest absolute Gasteiger partial charge is 0.391 e. The number of hydrogen-bond donors (Lipinski definition) is 3. The van der Waals surface area contributed by atoms with E-state index in [0.29, 0.717) is 18.7 Å². The van der Waals surface area contributed by atoms with Crippen LogP contribution in [0.3, 0.4) is 0 Å². The van der Waals surface area contributed by atoms with Crippen molar-refractivity contribution in [3.63, 3.8) is 0 Å². The minimum Gasteiger partial charge on any atom is -0.391 e. The lowest BCUT2D eigenvalue weighted by Crippen LogP contribution is -2.41. The summed E-state index contributed by atoms with van der Waals surface area (Å²) in [7, 11) is 0. The molecule has 0 radical (unpaired) electrons. The minimum atomic E-state index is -0.429. The Morgan fingerprint density at radius 1 is 1.09 bits per heavy atom. The van der Waals surface area contributed by atoms with Gasteiger partial charge in [0.25, 0.3) is 0 Å². The Morgan fingerprint density at radius 3 is 2.36 bits per heavy atom. The third kappa shape index (κ3) is 11.6. The van der Waals surface area contributed by atoms with E-state index < -0.39 is 6.10 Å². The van der Waals surface area contributed by atoms with Gasteiger partial charge in [-0.05, 0) is 51.6 Å². The summed E-state index contributed by atoms with van der Waals surface area (Å²) in [5.74, 6) is 0.297. The molecule has 1 aliphatic rings. The fourth-order valence-electron chi connectivity index (χ4n) is 2.22. The van der Waals surface area contributed by atoms with Crippen molar-refractivity contribution in [2.45, 2.75) is 57.3 Å². The van der Waals surface area contributed by atoms with Crippen molar-refractivity contribution < 1.29 is 14.6 Å². The lowest BCUT2D eigenvalue weighted by Gasteiger charge is -2.27. The molecule has 1 heterocycles. The summed E-state index contributed by atoms with van der Waals surface area (Å²) in [5.41, 5.74) is 0. The van der Waals surface area contributed by atoms with Gasteiger partial charge in [-0.2, -0.15) is 0 Å². The van der Waals surface area contributed by atoms with Crippen LogP contribution < -0.4 is 10.6 Å². The molecule has 0 aromatic carbocycles. The van der Waals surface area contributed by atoms with E-state index in [4.69, 9.17) is 21.1 Å². The van der Waals surface area contributed by atoms with Crippen molar-refractivity contribution in [3.8, 4) is 0 Å². The maximum Gasteiger partial charge on any atom is 0.110 e. The van der Waals surface area contributed by atoms with E-state index in [0.717, 1.165) is 65.0 Å². The SMILES string of the molecule is OC(CCl)CNCCCCCOCCCCCNC1CCO1. The third-order valence-electron chi connectivity index (χ3n) is 3.74. The van der Waals surface area contributed by atoms with Gasteiger partial charge in [-0.1, -0.05) is 0 Å². The number of ether oxygens (including phenoxy) is 2. The normalized spacial score (nSPS) is 19.1. The van der Waals surface area contributed by atoms with Crippen LogP contribution in [0.15, 0.2) is 0 Å². The molecule has 3 N–H and O–H groups in total. The topological polar surface area (TPSA) is 62.8 Å². The van der Waals surface area contributed by atoms with Crippen molar-refractivity contribution in [2.75, 3.05) is 45.3 Å². The Morgan fingerprint density at radius 2 is 1.77 bits per heavy atom. The maximum atomic E-state index is 9.25. The fraction of sp³-hybridized carbons (Fsp3) is 1.00. The van der Waals surface area contributed by atoms with E-state index in [1.54, 1.807) is 0 Å². The second-order valence-electron chi connectivity index (χ2n) is 5.85. The zero-order valence-electron chi connectivity index (χ0n) is 13.7. The number of alkyl halides is 1. The van der Waals surface area contributed by atoms with E-state index in [2.05, 4.69) is 10.6 Å². The summed E-state index contributed by atoms with van der Waals surface area (Å²) in [6.07, 6.45) is 8.00. The van der Waals surface area contributed by atoms with E-state index in [1.165, 1.54) is 12.8 Å². The number of nitrogens with one attached hydrogen (secondary N) is 2. The monoisotopic (exact) mass is 336 g/mol. The van der Waals surface area contributed by atoms with Crippen LogP contribution in [0.5, 0.6) is 0 Å². The molecule has 5 nitrogen and oxygen atoms in total. The van der Waals surface area contributed by atoms with Gasteiger partial charge >= 0.3 is 0 Å². The van der Waals surface area contributed by atoms with Gasteiger partial charge in [0.05, 0.1) is 12.7 Å². The van der Waals surface area contributed by atoms with Gasteiger partial charge < -0.3 is 19.9 Å². The van der Waals surface area contributed by atoms with Crippen LogP contribution in [0, 0.1) is 0 Å². The van der Waals surface area contributed by atoms with E-state index in [1.807, 2.05) is 0 Å². The predicted octanol–water partition coefficient (Wildman–Crippen LogP) is 1.87. The van der Waals surface area contributed by atoms with Crippen molar-refractivity contribution in [3.05, 3.63) is 0 Å². The van der Waals surface area contributed by atoms with Gasteiger partial charge in [-0.3, -0.25) is 5.32 Å². The Balaban J connectivity index is 1.64. The molecule has 0 aromatic rings. The molecule has 0 amide bonds. The first-order valence-electron chi connectivity index (χ1n) is 8.70. The molecule has 1 rings (SSSR count). The molecule has 1 saturated heterocycles. The first-order chi connectivity index (χ1) is 10.8. The molecule has 132 valence electrons. The number of aliphatic hydroxyl groups excluding tert-OH is 1. The van der Waals surface area contributed by atoms with Crippen LogP contribution in [0.1, 0.15) is 44.9 Å². The van der Waals surface area contributed by atoms with Crippen molar-refractivity contribution >= 4 is 11.6 Å². The van der Waals surface area contributed by atoms with Crippen LogP contribution in [-0.2, 0) is 9.47 Å². The number of hydrogen-bond acceptors (Lipinski definition) is 5. The van der Waals surface area contributed by atoms with Gasteiger partial charge in [-0.25, -0.2) is 0 Å². The molecule has 2 unspecified atom stereocenters. The number of unbranched alkanes of at least 4 members (excludes halogenated alkanes) is 4. The van der Waals surface area contributed by atoms with E-state index in [9.17, 15) is 5.11 Å². The molecule has 0 saturated carbocycles. The average molecular weight is 337 g/mol. The highest BCUT2D eigenvalue weighted by atomic mass is 35.5. The highest BCUT2D eigenvalue weighted by Gasteiger charge is 2.15. The number of aliphatic hydroxyl groups is 1. The first kappa shape index (κ1) is 20.1. The van der Waals surface area contributed by atoms with Crippen LogP contribution >= 0.6 is 11.6 Å². The third-order valence-corrected chi connectivity index (χ3v) is 4.09. The Hall–Kier alpha value is 0.0900. The minimum absolute atomic E-state index is 0.297. The van der Waals surface area contributed by atoms with Gasteiger partial charge in [0, 0.05) is 32.1 Å².